The van der Waals surface area contributed by atoms with Crippen molar-refractivity contribution in [3.05, 3.63) is 17.3 Å². The minimum Gasteiger partial charge on any atom is -0.481 e. The Kier molecular flexibility index (Phi) is 3.19. The lowest BCUT2D eigenvalue weighted by Crippen LogP contribution is -2.02. The quantitative estimate of drug-likeness (QED) is 0.876. The number of hydrogen-bond acceptors (Lipinski definition) is 6. The topological polar surface area (TPSA) is 89.3 Å². The number of carboxylic acid groups (broad SMARTS) is 1. The van der Waals surface area contributed by atoms with Crippen molar-refractivity contribution >= 4 is 28.3 Å². The van der Waals surface area contributed by atoms with E-state index in [1.54, 1.807) is 31.8 Å². The molecule has 2 N–H and O–H groups in total. The Bertz CT molecular complexity index is 590. The average Bonchev–Trinajstić information content (AvgIpc) is 2.82. The van der Waals surface area contributed by atoms with E-state index < -0.39 is 5.97 Å². The Balaban J connectivity index is 2.31. The second-order valence-corrected chi connectivity index (χ2v) is 4.37. The number of nitrogens with one attached hydrogen (secondary N) is 1. The van der Waals surface area contributed by atoms with E-state index in [0.29, 0.717) is 22.4 Å². The molecule has 0 unspecified atom stereocenters. The molecule has 8 heteroatoms. The fraction of sp³-hybridized carbons (Fsp3) is 0.300. The summed E-state index contributed by atoms with van der Waals surface area (Å²) in [5, 5.41) is 16.6. The zero-order chi connectivity index (χ0) is 13.3. The minimum atomic E-state index is -1.01. The summed E-state index contributed by atoms with van der Waals surface area (Å²) in [6.45, 7) is 1.66. The van der Waals surface area contributed by atoms with Crippen LogP contribution in [0.3, 0.4) is 0 Å². The van der Waals surface area contributed by atoms with Crippen molar-refractivity contribution in [3.63, 3.8) is 0 Å². The van der Waals surface area contributed by atoms with Gasteiger partial charge in [0.25, 0.3) is 0 Å². The second kappa shape index (κ2) is 4.65. The fourth-order valence-electron chi connectivity index (χ4n) is 1.53. The van der Waals surface area contributed by atoms with Crippen LogP contribution in [0.15, 0.2) is 6.07 Å². The Morgan fingerprint density at radius 2 is 2.33 bits per heavy atom. The molecule has 0 aromatic carbocycles. The van der Waals surface area contributed by atoms with Crippen molar-refractivity contribution in [1.82, 2.24) is 14.2 Å². The molecule has 0 saturated heterocycles. The first-order valence-corrected chi connectivity index (χ1v) is 5.85. The predicted molar refractivity (Wildman–Crippen MR) is 66.9 cm³/mol. The molecule has 0 aliphatic carbocycles. The Morgan fingerprint density at radius 3 is 2.89 bits per heavy atom. The van der Waals surface area contributed by atoms with Crippen molar-refractivity contribution < 1.29 is 14.6 Å². The van der Waals surface area contributed by atoms with Crippen LogP contribution in [0.2, 0.25) is 0 Å². The van der Waals surface area contributed by atoms with Gasteiger partial charge in [0.05, 0.1) is 12.8 Å². The lowest BCUT2D eigenvalue weighted by atomic mass is 10.2. The maximum atomic E-state index is 11.1. The molecule has 0 fully saturated rings. The molecule has 0 amide bonds. The second-order valence-electron chi connectivity index (χ2n) is 3.60. The van der Waals surface area contributed by atoms with Crippen molar-refractivity contribution in [2.24, 2.45) is 7.05 Å². The Morgan fingerprint density at radius 1 is 1.61 bits per heavy atom. The highest BCUT2D eigenvalue weighted by molar-refractivity contribution is 7.10. The number of rotatable bonds is 4. The molecule has 0 atom stereocenters. The number of anilines is 2. The van der Waals surface area contributed by atoms with Crippen molar-refractivity contribution in [2.75, 3.05) is 12.4 Å². The normalized spacial score (nSPS) is 10.4. The molecule has 7 nitrogen and oxygen atoms in total. The standard InChI is InChI=1S/C10H12N4O3S/c1-5-8(10(15)16)9(18-13-5)11-6-4-7(17-3)14(2)12-6/h4H,1-3H3,(H,11,12)(H,15,16). The number of ether oxygens (including phenoxy) is 1. The van der Waals surface area contributed by atoms with Gasteiger partial charge >= 0.3 is 5.97 Å². The molecule has 0 spiro atoms. The van der Waals surface area contributed by atoms with Crippen molar-refractivity contribution in [3.8, 4) is 5.88 Å². The number of methoxy groups -OCH3 is 1. The minimum absolute atomic E-state index is 0.171. The van der Waals surface area contributed by atoms with Gasteiger partial charge < -0.3 is 15.2 Å². The van der Waals surface area contributed by atoms with Crippen LogP contribution in [0, 0.1) is 6.92 Å². The number of carbonyl (C=O) groups is 1. The van der Waals surface area contributed by atoms with Crippen LogP contribution in [0.25, 0.3) is 0 Å². The fourth-order valence-corrected chi connectivity index (χ4v) is 2.32. The lowest BCUT2D eigenvalue weighted by molar-refractivity contribution is 0.0697. The van der Waals surface area contributed by atoms with Gasteiger partial charge in [-0.15, -0.1) is 0 Å². The van der Waals surface area contributed by atoms with E-state index in [2.05, 4.69) is 14.8 Å². The van der Waals surface area contributed by atoms with Gasteiger partial charge in [0.1, 0.15) is 10.6 Å². The van der Waals surface area contributed by atoms with Gasteiger partial charge in [0.2, 0.25) is 5.88 Å². The number of aryl methyl sites for hydroxylation is 2. The van der Waals surface area contributed by atoms with Crippen LogP contribution in [-0.2, 0) is 7.05 Å². The number of hydrogen-bond donors (Lipinski definition) is 2. The lowest BCUT2D eigenvalue weighted by Gasteiger charge is -1.99. The molecule has 0 radical (unpaired) electrons. The van der Waals surface area contributed by atoms with Crippen LogP contribution in [0.4, 0.5) is 10.8 Å². The third-order valence-corrected chi connectivity index (χ3v) is 3.22. The van der Waals surface area contributed by atoms with Gasteiger partial charge in [0, 0.05) is 13.1 Å². The van der Waals surface area contributed by atoms with Crippen LogP contribution in [-0.4, -0.2) is 32.3 Å². The summed E-state index contributed by atoms with van der Waals surface area (Å²) < 4.78 is 10.6. The molecule has 0 saturated carbocycles. The van der Waals surface area contributed by atoms with Gasteiger partial charge in [-0.2, -0.15) is 9.47 Å². The van der Waals surface area contributed by atoms with Crippen LogP contribution in [0.5, 0.6) is 5.88 Å². The molecule has 0 aliphatic heterocycles. The monoisotopic (exact) mass is 268 g/mol. The Hall–Kier alpha value is -2.09. The van der Waals surface area contributed by atoms with Gasteiger partial charge in [-0.05, 0) is 18.5 Å². The van der Waals surface area contributed by atoms with Gasteiger partial charge in [-0.1, -0.05) is 0 Å². The molecule has 2 heterocycles. The summed E-state index contributed by atoms with van der Waals surface area (Å²) in [4.78, 5) is 11.1. The molecule has 2 rings (SSSR count). The maximum absolute atomic E-state index is 11.1. The molecule has 0 aliphatic rings. The van der Waals surface area contributed by atoms with E-state index in [9.17, 15) is 4.79 Å². The zero-order valence-electron chi connectivity index (χ0n) is 10.1. The van der Waals surface area contributed by atoms with E-state index in [0.717, 1.165) is 11.5 Å². The van der Waals surface area contributed by atoms with Crippen molar-refractivity contribution in [1.29, 1.82) is 0 Å². The third kappa shape index (κ3) is 2.14. The predicted octanol–water partition coefficient (Wildman–Crippen LogP) is 1.64. The van der Waals surface area contributed by atoms with Gasteiger partial charge in [-0.25, -0.2) is 9.48 Å². The molecule has 18 heavy (non-hydrogen) atoms. The largest absolute Gasteiger partial charge is 0.481 e. The van der Waals surface area contributed by atoms with Gasteiger partial charge in [0.15, 0.2) is 5.82 Å². The maximum Gasteiger partial charge on any atom is 0.340 e. The summed E-state index contributed by atoms with van der Waals surface area (Å²) >= 11 is 1.09. The summed E-state index contributed by atoms with van der Waals surface area (Å²) in [7, 11) is 3.28. The smallest absolute Gasteiger partial charge is 0.340 e. The van der Waals surface area contributed by atoms with Crippen LogP contribution < -0.4 is 10.1 Å². The van der Waals surface area contributed by atoms with Gasteiger partial charge in [-0.3, -0.25) is 0 Å². The molecule has 0 bridgehead atoms. The molecule has 2 aromatic heterocycles. The van der Waals surface area contributed by atoms with Crippen LogP contribution >= 0.6 is 11.5 Å². The van der Waals surface area contributed by atoms with E-state index in [1.165, 1.54) is 0 Å². The number of nitrogens with zero attached hydrogens (tertiary/aromatic N) is 3. The molecular formula is C10H12N4O3S. The first-order chi connectivity index (χ1) is 8.52. The van der Waals surface area contributed by atoms with E-state index >= 15 is 0 Å². The highest BCUT2D eigenvalue weighted by atomic mass is 32.1. The molecule has 96 valence electrons. The van der Waals surface area contributed by atoms with E-state index in [1.807, 2.05) is 0 Å². The summed E-state index contributed by atoms with van der Waals surface area (Å²) in [5.74, 6) is 0.0859. The zero-order valence-corrected chi connectivity index (χ0v) is 10.9. The SMILES string of the molecule is COc1cc(Nc2snc(C)c2C(=O)O)nn1C. The summed E-state index contributed by atoms with van der Waals surface area (Å²) in [6.07, 6.45) is 0. The van der Waals surface area contributed by atoms with Crippen LogP contribution in [0.1, 0.15) is 16.1 Å². The van der Waals surface area contributed by atoms with E-state index in [4.69, 9.17) is 9.84 Å². The molecular weight excluding hydrogens is 256 g/mol. The Labute approximate surface area is 107 Å². The first kappa shape index (κ1) is 12.4. The highest BCUT2D eigenvalue weighted by Crippen LogP contribution is 2.28. The highest BCUT2D eigenvalue weighted by Gasteiger charge is 2.18. The average molecular weight is 268 g/mol. The number of carboxylic acids is 1. The number of aromatic carboxylic acids is 1. The summed E-state index contributed by atoms with van der Waals surface area (Å²) in [5.41, 5.74) is 0.655. The van der Waals surface area contributed by atoms with E-state index in [-0.39, 0.29) is 5.56 Å². The molecule has 2 aromatic rings. The summed E-state index contributed by atoms with van der Waals surface area (Å²) in [6, 6.07) is 1.68. The third-order valence-electron chi connectivity index (χ3n) is 2.36. The first-order valence-electron chi connectivity index (χ1n) is 5.07. The number of aromatic nitrogens is 3. The van der Waals surface area contributed by atoms with Crippen molar-refractivity contribution in [2.45, 2.75) is 6.92 Å².